The number of rotatable bonds is 5. The van der Waals surface area contributed by atoms with Crippen LogP contribution >= 0.6 is 0 Å². The number of ether oxygens (including phenoxy) is 1. The van der Waals surface area contributed by atoms with Crippen LogP contribution in [-0.4, -0.2) is 44.7 Å². The minimum Gasteiger partial charge on any atom is -0.493 e. The molecule has 0 amide bonds. The van der Waals surface area contributed by atoms with Crippen LogP contribution in [0.15, 0.2) is 24.3 Å². The standard InChI is InChI=1S/C17H26N2O/c1-19-10-7-14(8-11-19)6-9-18-12-15-13-20-17-5-3-2-4-16(15)17/h2-5,14-15,18H,6-13H2,1H3. The van der Waals surface area contributed by atoms with Crippen molar-refractivity contribution in [1.29, 1.82) is 0 Å². The Balaban J connectivity index is 1.37. The first-order valence-electron chi connectivity index (χ1n) is 7.94. The molecule has 2 heterocycles. The summed E-state index contributed by atoms with van der Waals surface area (Å²) in [4.78, 5) is 2.44. The fourth-order valence-corrected chi connectivity index (χ4v) is 3.33. The second kappa shape index (κ2) is 6.59. The van der Waals surface area contributed by atoms with Gasteiger partial charge in [-0.05, 0) is 57.9 Å². The number of likely N-dealkylation sites (tertiary alicyclic amines) is 1. The zero-order chi connectivity index (χ0) is 13.8. The molecule has 1 saturated heterocycles. The minimum absolute atomic E-state index is 0.531. The Kier molecular flexibility index (Phi) is 4.58. The third kappa shape index (κ3) is 3.33. The van der Waals surface area contributed by atoms with E-state index in [0.717, 1.165) is 31.4 Å². The van der Waals surface area contributed by atoms with Gasteiger partial charge in [-0.3, -0.25) is 0 Å². The molecule has 1 N–H and O–H groups in total. The lowest BCUT2D eigenvalue weighted by Crippen LogP contribution is -2.32. The molecule has 0 spiro atoms. The molecule has 20 heavy (non-hydrogen) atoms. The summed E-state index contributed by atoms with van der Waals surface area (Å²) in [7, 11) is 2.23. The molecule has 0 saturated carbocycles. The van der Waals surface area contributed by atoms with E-state index in [4.69, 9.17) is 4.74 Å². The Morgan fingerprint density at radius 2 is 2.05 bits per heavy atom. The molecule has 1 fully saturated rings. The van der Waals surface area contributed by atoms with E-state index in [1.807, 2.05) is 0 Å². The SMILES string of the molecule is CN1CCC(CCNCC2COc3ccccc32)CC1. The normalized spacial score (nSPS) is 23.6. The molecule has 3 heteroatoms. The van der Waals surface area contributed by atoms with Crippen molar-refractivity contribution in [1.82, 2.24) is 10.2 Å². The highest BCUT2D eigenvalue weighted by molar-refractivity contribution is 5.39. The van der Waals surface area contributed by atoms with Gasteiger partial charge >= 0.3 is 0 Å². The summed E-state index contributed by atoms with van der Waals surface area (Å²) in [6.45, 7) is 5.57. The lowest BCUT2D eigenvalue weighted by Gasteiger charge is -2.29. The van der Waals surface area contributed by atoms with E-state index in [9.17, 15) is 0 Å². The largest absolute Gasteiger partial charge is 0.493 e. The maximum absolute atomic E-state index is 5.72. The molecular formula is C17H26N2O. The molecule has 1 aromatic carbocycles. The van der Waals surface area contributed by atoms with Crippen LogP contribution in [0.4, 0.5) is 0 Å². The molecular weight excluding hydrogens is 248 g/mol. The number of hydrogen-bond donors (Lipinski definition) is 1. The van der Waals surface area contributed by atoms with Gasteiger partial charge in [-0.2, -0.15) is 0 Å². The predicted molar refractivity (Wildman–Crippen MR) is 82.4 cm³/mol. The van der Waals surface area contributed by atoms with Gasteiger partial charge in [0.15, 0.2) is 0 Å². The third-order valence-corrected chi connectivity index (χ3v) is 4.76. The molecule has 110 valence electrons. The quantitative estimate of drug-likeness (QED) is 0.835. The van der Waals surface area contributed by atoms with Crippen molar-refractivity contribution in [3.8, 4) is 5.75 Å². The molecule has 2 aliphatic heterocycles. The summed E-state index contributed by atoms with van der Waals surface area (Å²) in [5.41, 5.74) is 1.37. The average Bonchev–Trinajstić information content (AvgIpc) is 2.89. The summed E-state index contributed by atoms with van der Waals surface area (Å²) in [5, 5.41) is 3.63. The number of hydrogen-bond acceptors (Lipinski definition) is 3. The Morgan fingerprint density at radius 3 is 2.90 bits per heavy atom. The summed E-state index contributed by atoms with van der Waals surface area (Å²) in [5.74, 6) is 2.53. The summed E-state index contributed by atoms with van der Waals surface area (Å²) < 4.78 is 5.72. The van der Waals surface area contributed by atoms with Crippen molar-refractivity contribution < 1.29 is 4.74 Å². The highest BCUT2D eigenvalue weighted by Gasteiger charge is 2.23. The van der Waals surface area contributed by atoms with E-state index < -0.39 is 0 Å². The zero-order valence-corrected chi connectivity index (χ0v) is 12.5. The number of fused-ring (bicyclic) bond motifs is 1. The highest BCUT2D eigenvalue weighted by Crippen LogP contribution is 2.32. The smallest absolute Gasteiger partial charge is 0.122 e. The van der Waals surface area contributed by atoms with Crippen LogP contribution in [0.5, 0.6) is 5.75 Å². The van der Waals surface area contributed by atoms with Crippen molar-refractivity contribution in [3.63, 3.8) is 0 Å². The average molecular weight is 274 g/mol. The van der Waals surface area contributed by atoms with Crippen molar-refractivity contribution in [2.24, 2.45) is 5.92 Å². The van der Waals surface area contributed by atoms with Crippen molar-refractivity contribution >= 4 is 0 Å². The number of para-hydroxylation sites is 1. The summed E-state index contributed by atoms with van der Waals surface area (Å²) in [6.07, 6.45) is 4.06. The van der Waals surface area contributed by atoms with Gasteiger partial charge in [-0.25, -0.2) is 0 Å². The molecule has 1 aromatic rings. The summed E-state index contributed by atoms with van der Waals surface area (Å²) >= 11 is 0. The monoisotopic (exact) mass is 274 g/mol. The summed E-state index contributed by atoms with van der Waals surface area (Å²) in [6, 6.07) is 8.44. The number of nitrogens with one attached hydrogen (secondary N) is 1. The fourth-order valence-electron chi connectivity index (χ4n) is 3.33. The Hall–Kier alpha value is -1.06. The minimum atomic E-state index is 0.531. The van der Waals surface area contributed by atoms with E-state index >= 15 is 0 Å². The number of nitrogens with zero attached hydrogens (tertiary/aromatic N) is 1. The molecule has 2 aliphatic rings. The molecule has 1 atom stereocenters. The lowest BCUT2D eigenvalue weighted by atomic mass is 9.94. The number of piperidine rings is 1. The van der Waals surface area contributed by atoms with Gasteiger partial charge in [0.05, 0.1) is 6.61 Å². The topological polar surface area (TPSA) is 24.5 Å². The van der Waals surface area contributed by atoms with Crippen molar-refractivity contribution in [2.45, 2.75) is 25.2 Å². The van der Waals surface area contributed by atoms with E-state index in [0.29, 0.717) is 5.92 Å². The Labute approximate surface area is 122 Å². The van der Waals surface area contributed by atoms with E-state index in [2.05, 4.69) is 41.5 Å². The first-order valence-corrected chi connectivity index (χ1v) is 7.94. The van der Waals surface area contributed by atoms with Crippen LogP contribution in [0.1, 0.15) is 30.7 Å². The van der Waals surface area contributed by atoms with Crippen molar-refractivity contribution in [2.75, 3.05) is 39.8 Å². The van der Waals surface area contributed by atoms with Gasteiger partial charge in [-0.15, -0.1) is 0 Å². The molecule has 0 bridgehead atoms. The van der Waals surface area contributed by atoms with E-state index in [1.165, 1.54) is 37.9 Å². The Bertz CT molecular complexity index is 427. The number of benzene rings is 1. The van der Waals surface area contributed by atoms with E-state index in [-0.39, 0.29) is 0 Å². The molecule has 0 radical (unpaired) electrons. The van der Waals surface area contributed by atoms with Crippen LogP contribution in [0.2, 0.25) is 0 Å². The van der Waals surface area contributed by atoms with Gasteiger partial charge in [-0.1, -0.05) is 18.2 Å². The molecule has 0 aromatic heterocycles. The lowest BCUT2D eigenvalue weighted by molar-refractivity contribution is 0.211. The Morgan fingerprint density at radius 1 is 1.25 bits per heavy atom. The maximum atomic E-state index is 5.72. The first-order chi connectivity index (χ1) is 9.83. The fraction of sp³-hybridized carbons (Fsp3) is 0.647. The second-order valence-corrected chi connectivity index (χ2v) is 6.29. The van der Waals surface area contributed by atoms with Gasteiger partial charge < -0.3 is 15.0 Å². The molecule has 3 nitrogen and oxygen atoms in total. The van der Waals surface area contributed by atoms with Crippen LogP contribution in [0, 0.1) is 5.92 Å². The predicted octanol–water partition coefficient (Wildman–Crippen LogP) is 2.48. The maximum Gasteiger partial charge on any atom is 0.122 e. The van der Waals surface area contributed by atoms with Crippen molar-refractivity contribution in [3.05, 3.63) is 29.8 Å². The van der Waals surface area contributed by atoms with Crippen LogP contribution in [0.25, 0.3) is 0 Å². The van der Waals surface area contributed by atoms with Gasteiger partial charge in [0.2, 0.25) is 0 Å². The third-order valence-electron chi connectivity index (χ3n) is 4.76. The van der Waals surface area contributed by atoms with Gasteiger partial charge in [0.25, 0.3) is 0 Å². The second-order valence-electron chi connectivity index (χ2n) is 6.29. The van der Waals surface area contributed by atoms with Gasteiger partial charge in [0, 0.05) is 18.0 Å². The van der Waals surface area contributed by atoms with Crippen LogP contribution in [-0.2, 0) is 0 Å². The first kappa shape index (κ1) is 13.9. The van der Waals surface area contributed by atoms with Crippen LogP contribution in [0.3, 0.4) is 0 Å². The molecule has 0 aliphatic carbocycles. The van der Waals surface area contributed by atoms with Gasteiger partial charge in [0.1, 0.15) is 5.75 Å². The highest BCUT2D eigenvalue weighted by atomic mass is 16.5. The molecule has 1 unspecified atom stereocenters. The van der Waals surface area contributed by atoms with Crippen LogP contribution < -0.4 is 10.1 Å². The zero-order valence-electron chi connectivity index (χ0n) is 12.5. The molecule has 3 rings (SSSR count). The van der Waals surface area contributed by atoms with E-state index in [1.54, 1.807) is 0 Å².